The van der Waals surface area contributed by atoms with E-state index in [9.17, 15) is 0 Å². The average molecular weight is 518 g/mol. The summed E-state index contributed by atoms with van der Waals surface area (Å²) in [6, 6.07) is 21.9. The molecule has 0 saturated carbocycles. The van der Waals surface area contributed by atoms with Crippen LogP contribution in [0.2, 0.25) is 0 Å². The van der Waals surface area contributed by atoms with E-state index in [2.05, 4.69) is 20.6 Å². The highest BCUT2D eigenvalue weighted by Gasteiger charge is 2.07. The molecule has 0 aliphatic heterocycles. The molecule has 1 aromatic heterocycles. The summed E-state index contributed by atoms with van der Waals surface area (Å²) in [6.07, 6.45) is 1.73. The highest BCUT2D eigenvalue weighted by molar-refractivity contribution is 14.0. The SMILES string of the molecule is CN=C(NCc1ccccc1OC)NCc1cccnc1OCc1ccccc1.I. The number of hydrogen-bond acceptors (Lipinski definition) is 4. The van der Waals surface area contributed by atoms with E-state index >= 15 is 0 Å². The Labute approximate surface area is 194 Å². The maximum Gasteiger partial charge on any atom is 0.218 e. The van der Waals surface area contributed by atoms with Crippen molar-refractivity contribution in [3.8, 4) is 11.6 Å². The highest BCUT2D eigenvalue weighted by atomic mass is 127. The Bertz CT molecular complexity index is 935. The van der Waals surface area contributed by atoms with E-state index in [0.29, 0.717) is 31.5 Å². The lowest BCUT2D eigenvalue weighted by atomic mass is 10.2. The van der Waals surface area contributed by atoms with Crippen LogP contribution in [0.3, 0.4) is 0 Å². The predicted octanol–water partition coefficient (Wildman–Crippen LogP) is 4.15. The van der Waals surface area contributed by atoms with Gasteiger partial charge in [-0.15, -0.1) is 24.0 Å². The van der Waals surface area contributed by atoms with Crippen LogP contribution in [0.1, 0.15) is 16.7 Å². The zero-order valence-corrected chi connectivity index (χ0v) is 19.5. The predicted molar refractivity (Wildman–Crippen MR) is 130 cm³/mol. The fraction of sp³-hybridized carbons (Fsp3) is 0.217. The van der Waals surface area contributed by atoms with Crippen LogP contribution >= 0.6 is 24.0 Å². The summed E-state index contributed by atoms with van der Waals surface area (Å²) in [5.74, 6) is 2.15. The number of methoxy groups -OCH3 is 1. The Morgan fingerprint density at radius 1 is 0.900 bits per heavy atom. The molecule has 2 N–H and O–H groups in total. The number of benzene rings is 2. The first-order valence-corrected chi connectivity index (χ1v) is 9.47. The van der Waals surface area contributed by atoms with Crippen LogP contribution in [-0.2, 0) is 19.7 Å². The largest absolute Gasteiger partial charge is 0.496 e. The van der Waals surface area contributed by atoms with E-state index in [1.54, 1.807) is 20.4 Å². The molecule has 30 heavy (non-hydrogen) atoms. The first-order chi connectivity index (χ1) is 14.3. The quantitative estimate of drug-likeness (QED) is 0.267. The molecule has 0 amide bonds. The zero-order chi connectivity index (χ0) is 20.3. The number of nitrogens with zero attached hydrogens (tertiary/aromatic N) is 2. The highest BCUT2D eigenvalue weighted by Crippen LogP contribution is 2.17. The van der Waals surface area contributed by atoms with Crippen LogP contribution in [0.4, 0.5) is 0 Å². The Kier molecular flexibility index (Phi) is 9.93. The lowest BCUT2D eigenvalue weighted by Crippen LogP contribution is -2.36. The molecule has 0 unspecified atom stereocenters. The van der Waals surface area contributed by atoms with Gasteiger partial charge in [-0.3, -0.25) is 4.99 Å². The third-order valence-corrected chi connectivity index (χ3v) is 4.38. The number of aliphatic imine (C=N–C) groups is 1. The van der Waals surface area contributed by atoms with Gasteiger partial charge in [0.05, 0.1) is 7.11 Å². The molecule has 0 fully saturated rings. The van der Waals surface area contributed by atoms with Gasteiger partial charge in [0, 0.05) is 37.5 Å². The second-order valence-electron chi connectivity index (χ2n) is 6.33. The summed E-state index contributed by atoms with van der Waals surface area (Å²) in [5, 5.41) is 6.62. The normalized spacial score (nSPS) is 10.7. The minimum Gasteiger partial charge on any atom is -0.496 e. The standard InChI is InChI=1S/C23H26N4O2.HI/c1-24-23(26-15-19-11-6-7-13-21(19)28-2)27-16-20-12-8-14-25-22(20)29-17-18-9-4-3-5-10-18;/h3-14H,15-17H2,1-2H3,(H2,24,26,27);1H. The number of para-hydroxylation sites is 1. The van der Waals surface area contributed by atoms with E-state index < -0.39 is 0 Å². The number of halogens is 1. The van der Waals surface area contributed by atoms with E-state index in [-0.39, 0.29) is 24.0 Å². The van der Waals surface area contributed by atoms with Crippen molar-refractivity contribution in [2.45, 2.75) is 19.7 Å². The van der Waals surface area contributed by atoms with Gasteiger partial charge in [-0.1, -0.05) is 54.6 Å². The molecule has 7 heteroatoms. The number of guanidine groups is 1. The van der Waals surface area contributed by atoms with Crippen molar-refractivity contribution in [3.63, 3.8) is 0 Å². The van der Waals surface area contributed by atoms with Crippen molar-refractivity contribution in [3.05, 3.63) is 89.6 Å². The van der Waals surface area contributed by atoms with Gasteiger partial charge in [0.1, 0.15) is 12.4 Å². The van der Waals surface area contributed by atoms with Gasteiger partial charge >= 0.3 is 0 Å². The summed E-state index contributed by atoms with van der Waals surface area (Å²) in [6.45, 7) is 1.63. The molecular formula is C23H27IN4O2. The molecular weight excluding hydrogens is 491 g/mol. The summed E-state index contributed by atoms with van der Waals surface area (Å²) in [4.78, 5) is 8.66. The second-order valence-corrected chi connectivity index (χ2v) is 6.33. The summed E-state index contributed by atoms with van der Waals surface area (Å²) in [5.41, 5.74) is 3.13. The second kappa shape index (κ2) is 12.7. The van der Waals surface area contributed by atoms with Gasteiger partial charge in [0.25, 0.3) is 0 Å². The first kappa shape index (κ1) is 23.5. The maximum atomic E-state index is 5.92. The van der Waals surface area contributed by atoms with Crippen molar-refractivity contribution in [2.75, 3.05) is 14.2 Å². The Balaban J connectivity index is 0.00000320. The number of nitrogens with one attached hydrogen (secondary N) is 2. The van der Waals surface area contributed by atoms with Crippen LogP contribution in [0.15, 0.2) is 77.9 Å². The van der Waals surface area contributed by atoms with Gasteiger partial charge in [-0.2, -0.15) is 0 Å². The fourth-order valence-electron chi connectivity index (χ4n) is 2.84. The summed E-state index contributed by atoms with van der Waals surface area (Å²) in [7, 11) is 3.42. The van der Waals surface area contributed by atoms with Gasteiger partial charge in [-0.25, -0.2) is 4.98 Å². The fourth-order valence-corrected chi connectivity index (χ4v) is 2.84. The third kappa shape index (κ3) is 6.91. The molecule has 0 radical (unpaired) electrons. The molecule has 158 valence electrons. The molecule has 6 nitrogen and oxygen atoms in total. The van der Waals surface area contributed by atoms with Crippen LogP contribution in [-0.4, -0.2) is 25.1 Å². The van der Waals surface area contributed by atoms with Crippen LogP contribution < -0.4 is 20.1 Å². The third-order valence-electron chi connectivity index (χ3n) is 4.38. The van der Waals surface area contributed by atoms with Crippen molar-refractivity contribution >= 4 is 29.9 Å². The maximum absolute atomic E-state index is 5.92. The van der Waals surface area contributed by atoms with E-state index in [1.165, 1.54) is 0 Å². The van der Waals surface area contributed by atoms with Crippen LogP contribution in [0, 0.1) is 0 Å². The molecule has 3 aromatic rings. The van der Waals surface area contributed by atoms with Crippen molar-refractivity contribution in [1.82, 2.24) is 15.6 Å². The van der Waals surface area contributed by atoms with Crippen molar-refractivity contribution in [1.29, 1.82) is 0 Å². The molecule has 3 rings (SSSR count). The number of aromatic nitrogens is 1. The minimum absolute atomic E-state index is 0. The minimum atomic E-state index is 0. The molecule has 0 aliphatic rings. The lowest BCUT2D eigenvalue weighted by Gasteiger charge is -2.15. The number of pyridine rings is 1. The smallest absolute Gasteiger partial charge is 0.218 e. The molecule has 2 aromatic carbocycles. The average Bonchev–Trinajstić information content (AvgIpc) is 2.79. The molecule has 0 bridgehead atoms. The van der Waals surface area contributed by atoms with Crippen LogP contribution in [0.25, 0.3) is 0 Å². The van der Waals surface area contributed by atoms with Gasteiger partial charge in [0.2, 0.25) is 5.88 Å². The first-order valence-electron chi connectivity index (χ1n) is 9.47. The molecule has 0 saturated heterocycles. The molecule has 0 spiro atoms. The van der Waals surface area contributed by atoms with Crippen molar-refractivity contribution < 1.29 is 9.47 Å². The number of hydrogen-bond donors (Lipinski definition) is 2. The van der Waals surface area contributed by atoms with E-state index in [0.717, 1.165) is 22.4 Å². The summed E-state index contributed by atoms with van der Waals surface area (Å²) >= 11 is 0. The van der Waals surface area contributed by atoms with Gasteiger partial charge in [0.15, 0.2) is 5.96 Å². The zero-order valence-electron chi connectivity index (χ0n) is 17.2. The van der Waals surface area contributed by atoms with Crippen molar-refractivity contribution in [2.24, 2.45) is 4.99 Å². The van der Waals surface area contributed by atoms with E-state index in [1.807, 2.05) is 66.7 Å². The number of ether oxygens (including phenoxy) is 2. The van der Waals surface area contributed by atoms with Gasteiger partial charge in [-0.05, 0) is 17.7 Å². The van der Waals surface area contributed by atoms with Gasteiger partial charge < -0.3 is 20.1 Å². The Morgan fingerprint density at radius 3 is 2.30 bits per heavy atom. The molecule has 0 aliphatic carbocycles. The Hall–Kier alpha value is -2.81. The number of rotatable bonds is 8. The summed E-state index contributed by atoms with van der Waals surface area (Å²) < 4.78 is 11.3. The molecule has 1 heterocycles. The lowest BCUT2D eigenvalue weighted by molar-refractivity contribution is 0.290. The van der Waals surface area contributed by atoms with Crippen LogP contribution in [0.5, 0.6) is 11.6 Å². The Morgan fingerprint density at radius 2 is 1.57 bits per heavy atom. The molecule has 0 atom stereocenters. The topological polar surface area (TPSA) is 67.8 Å². The monoisotopic (exact) mass is 518 g/mol. The van der Waals surface area contributed by atoms with E-state index in [4.69, 9.17) is 9.47 Å².